The Balaban J connectivity index is 0.00000512. The molecule has 4 nitrogen and oxygen atoms in total. The smallest absolute Gasteiger partial charge is 0.148 e. The van der Waals surface area contributed by atoms with Crippen molar-refractivity contribution in [2.24, 2.45) is 0 Å². The second kappa shape index (κ2) is 15.1. The van der Waals surface area contributed by atoms with Crippen molar-refractivity contribution >= 4 is 21.9 Å². The monoisotopic (exact) mass is 941 g/mol. The minimum Gasteiger partial charge on any atom is -0.507 e. The van der Waals surface area contributed by atoms with Gasteiger partial charge in [0, 0.05) is 38.5 Å². The molecule has 8 aromatic rings. The first-order valence-corrected chi connectivity index (χ1v) is 20.0. The molecule has 0 aliphatic heterocycles. The van der Waals surface area contributed by atoms with E-state index in [-0.39, 0.29) is 37.6 Å². The van der Waals surface area contributed by atoms with Gasteiger partial charge >= 0.3 is 0 Å². The molecule has 0 bridgehead atoms. The minimum absolute atomic E-state index is 0. The van der Waals surface area contributed by atoms with E-state index in [1.807, 2.05) is 18.3 Å². The summed E-state index contributed by atoms with van der Waals surface area (Å²) in [5.41, 5.74) is 19.0. The predicted molar refractivity (Wildman–Crippen MR) is 240 cm³/mol. The van der Waals surface area contributed by atoms with E-state index in [2.05, 4.69) is 178 Å². The van der Waals surface area contributed by atoms with Gasteiger partial charge in [0.1, 0.15) is 11.6 Å². The molecule has 2 aromatic heterocycles. The van der Waals surface area contributed by atoms with E-state index in [0.717, 1.165) is 66.6 Å². The SMILES string of the molecule is Cc1cc(-c2cccc3c(C)ccnc23)[c-]c(-c2cc(-c3c(C)cc(C)cc3C)cc3c2nc(-c2cc(C(C)(C)C)ccc2O)n3-c2ccc(C(C)(C)C)cc2)c1.[Pt]. The fourth-order valence-corrected chi connectivity index (χ4v) is 8.43. The van der Waals surface area contributed by atoms with E-state index in [4.69, 9.17) is 9.97 Å². The number of pyridine rings is 1. The molecule has 2 heterocycles. The Morgan fingerprint density at radius 1 is 0.586 bits per heavy atom. The largest absolute Gasteiger partial charge is 0.507 e. The molecule has 0 aliphatic carbocycles. The summed E-state index contributed by atoms with van der Waals surface area (Å²) in [6.45, 7) is 24.2. The molecule has 0 unspecified atom stereocenters. The maximum Gasteiger partial charge on any atom is 0.148 e. The molecule has 0 spiro atoms. The Hall–Kier alpha value is -5.31. The number of para-hydroxylation sites is 1. The van der Waals surface area contributed by atoms with E-state index in [1.165, 1.54) is 33.4 Å². The van der Waals surface area contributed by atoms with Crippen molar-refractivity contribution < 1.29 is 26.2 Å². The molecule has 58 heavy (non-hydrogen) atoms. The Bertz CT molecular complexity index is 2840. The quantitative estimate of drug-likeness (QED) is 0.175. The van der Waals surface area contributed by atoms with Gasteiger partial charge in [-0.05, 0) is 119 Å². The standard InChI is InChI=1S/C53H52N3O.Pt/c1-31-23-34(4)48(35(5)24-31)38-28-44(37-26-32(2)25-36(27-37)43-14-12-13-42-33(3)21-22-54-49(42)43)50-46(29-38)56(41-18-15-39(16-19-41)52(6,7)8)51(55-50)45-30-40(53(9,10)11)17-20-47(45)57;/h12-26,28-30,57H,1-11H3;/q-1;. The number of phenols is 1. The molecule has 0 saturated carbocycles. The zero-order chi connectivity index (χ0) is 40.6. The molecule has 0 saturated heterocycles. The van der Waals surface area contributed by atoms with Crippen LogP contribution in [0.3, 0.4) is 0 Å². The second-order valence-corrected chi connectivity index (χ2v) is 18.0. The van der Waals surface area contributed by atoms with Crippen LogP contribution >= 0.6 is 0 Å². The van der Waals surface area contributed by atoms with Gasteiger partial charge in [-0.25, -0.2) is 4.98 Å². The summed E-state index contributed by atoms with van der Waals surface area (Å²) >= 11 is 0. The Morgan fingerprint density at radius 3 is 1.86 bits per heavy atom. The Labute approximate surface area is 358 Å². The zero-order valence-electron chi connectivity index (χ0n) is 35.5. The number of hydrogen-bond acceptors (Lipinski definition) is 3. The van der Waals surface area contributed by atoms with Gasteiger partial charge in [-0.15, -0.1) is 34.9 Å². The van der Waals surface area contributed by atoms with Crippen molar-refractivity contribution in [2.75, 3.05) is 0 Å². The zero-order valence-corrected chi connectivity index (χ0v) is 37.8. The van der Waals surface area contributed by atoms with Gasteiger partial charge in [0.2, 0.25) is 0 Å². The third-order valence-corrected chi connectivity index (χ3v) is 11.4. The number of imidazole rings is 1. The van der Waals surface area contributed by atoms with Gasteiger partial charge in [0.25, 0.3) is 0 Å². The first kappa shape index (κ1) is 40.9. The average molecular weight is 942 g/mol. The summed E-state index contributed by atoms with van der Waals surface area (Å²) in [4.78, 5) is 10.4. The molecular formula is C53H52N3OPt-. The van der Waals surface area contributed by atoms with E-state index in [0.29, 0.717) is 11.4 Å². The Morgan fingerprint density at radius 2 is 1.21 bits per heavy atom. The number of phenolic OH excluding ortho intramolecular Hbond substituents is 1. The van der Waals surface area contributed by atoms with Gasteiger partial charge in [0.15, 0.2) is 0 Å². The first-order chi connectivity index (χ1) is 27.0. The van der Waals surface area contributed by atoms with Gasteiger partial charge in [-0.3, -0.25) is 9.55 Å². The van der Waals surface area contributed by atoms with Crippen LogP contribution in [0.25, 0.3) is 72.4 Å². The number of hydrogen-bond donors (Lipinski definition) is 1. The average Bonchev–Trinajstić information content (AvgIpc) is 3.52. The topological polar surface area (TPSA) is 50.9 Å². The van der Waals surface area contributed by atoms with E-state index >= 15 is 0 Å². The summed E-state index contributed by atoms with van der Waals surface area (Å²) in [7, 11) is 0. The summed E-state index contributed by atoms with van der Waals surface area (Å²) in [5.74, 6) is 0.885. The predicted octanol–water partition coefficient (Wildman–Crippen LogP) is 13.9. The van der Waals surface area contributed by atoms with Crippen LogP contribution in [0.1, 0.15) is 80.5 Å². The van der Waals surface area contributed by atoms with Gasteiger partial charge in [-0.1, -0.05) is 120 Å². The Kier molecular flexibility index (Phi) is 10.7. The molecule has 1 N–H and O–H groups in total. The van der Waals surface area contributed by atoms with Crippen molar-refractivity contribution in [1.82, 2.24) is 14.5 Å². The molecule has 0 fully saturated rings. The maximum atomic E-state index is 11.7. The van der Waals surface area contributed by atoms with Crippen molar-refractivity contribution in [3.63, 3.8) is 0 Å². The first-order valence-electron chi connectivity index (χ1n) is 20.0. The van der Waals surface area contributed by atoms with Crippen molar-refractivity contribution in [3.8, 4) is 56.2 Å². The van der Waals surface area contributed by atoms with Crippen LogP contribution in [0.4, 0.5) is 0 Å². The minimum atomic E-state index is -0.131. The third kappa shape index (κ3) is 7.44. The number of nitrogens with zero attached hydrogens (tertiary/aromatic N) is 3. The summed E-state index contributed by atoms with van der Waals surface area (Å²) in [5, 5.41) is 12.8. The summed E-state index contributed by atoms with van der Waals surface area (Å²) in [6.07, 6.45) is 1.89. The van der Waals surface area contributed by atoms with Crippen LogP contribution < -0.4 is 0 Å². The molecule has 5 heteroatoms. The van der Waals surface area contributed by atoms with Gasteiger partial charge in [-0.2, -0.15) is 0 Å². The van der Waals surface area contributed by atoms with Crippen molar-refractivity contribution in [3.05, 3.63) is 154 Å². The molecule has 6 aromatic carbocycles. The molecule has 8 rings (SSSR count). The molecule has 0 aliphatic rings. The van der Waals surface area contributed by atoms with Crippen LogP contribution in [-0.2, 0) is 31.9 Å². The molecular weight excluding hydrogens is 890 g/mol. The number of benzene rings is 6. The van der Waals surface area contributed by atoms with Gasteiger partial charge in [0.05, 0.1) is 16.6 Å². The molecule has 0 amide bonds. The van der Waals surface area contributed by atoms with E-state index in [1.54, 1.807) is 0 Å². The molecule has 0 radical (unpaired) electrons. The van der Waals surface area contributed by atoms with E-state index in [9.17, 15) is 5.11 Å². The number of aromatic hydroxyl groups is 1. The van der Waals surface area contributed by atoms with Crippen LogP contribution in [0.2, 0.25) is 0 Å². The molecule has 296 valence electrons. The van der Waals surface area contributed by atoms with E-state index < -0.39 is 0 Å². The number of rotatable bonds is 5. The summed E-state index contributed by atoms with van der Waals surface area (Å²) in [6, 6.07) is 40.6. The fourth-order valence-electron chi connectivity index (χ4n) is 8.43. The normalized spacial score (nSPS) is 12.0. The van der Waals surface area contributed by atoms with Crippen molar-refractivity contribution in [2.45, 2.75) is 87.0 Å². The van der Waals surface area contributed by atoms with Crippen LogP contribution in [-0.4, -0.2) is 19.6 Å². The number of fused-ring (bicyclic) bond motifs is 2. The van der Waals surface area contributed by atoms with Crippen LogP contribution in [0, 0.1) is 40.7 Å². The second-order valence-electron chi connectivity index (χ2n) is 18.0. The summed E-state index contributed by atoms with van der Waals surface area (Å²) < 4.78 is 2.24. The van der Waals surface area contributed by atoms with Crippen LogP contribution in [0.5, 0.6) is 5.75 Å². The van der Waals surface area contributed by atoms with Gasteiger partial charge < -0.3 is 5.11 Å². The number of aryl methyl sites for hydroxylation is 5. The third-order valence-electron chi connectivity index (χ3n) is 11.4. The van der Waals surface area contributed by atoms with Crippen molar-refractivity contribution in [1.29, 1.82) is 0 Å². The van der Waals surface area contributed by atoms with Crippen LogP contribution in [0.15, 0.2) is 109 Å². The number of aromatic nitrogens is 3. The molecule has 0 atom stereocenters. The maximum absolute atomic E-state index is 11.7. The fraction of sp³-hybridized carbons (Fsp3) is 0.245.